The number of hydrogen-bond acceptors (Lipinski definition) is 3. The van der Waals surface area contributed by atoms with Crippen molar-refractivity contribution in [3.05, 3.63) is 50.9 Å². The molecule has 0 spiro atoms. The van der Waals surface area contributed by atoms with Gasteiger partial charge in [0.25, 0.3) is 0 Å². The van der Waals surface area contributed by atoms with Crippen LogP contribution in [0.5, 0.6) is 0 Å². The van der Waals surface area contributed by atoms with Gasteiger partial charge in [-0.2, -0.15) is 13.2 Å². The van der Waals surface area contributed by atoms with Crippen LogP contribution < -0.4 is 10.6 Å². The van der Waals surface area contributed by atoms with Gasteiger partial charge in [0, 0.05) is 37.0 Å². The summed E-state index contributed by atoms with van der Waals surface area (Å²) >= 11 is 7.13. The van der Waals surface area contributed by atoms with Crippen LogP contribution in [0, 0.1) is 0 Å². The molecule has 0 atom stereocenters. The largest absolute Gasteiger partial charge is 0.434 e. The van der Waals surface area contributed by atoms with Crippen LogP contribution in [-0.2, 0) is 19.0 Å². The maximum atomic E-state index is 12.5. The third-order valence-corrected chi connectivity index (χ3v) is 4.85. The van der Waals surface area contributed by atoms with Gasteiger partial charge in [0.1, 0.15) is 0 Å². The molecule has 0 saturated heterocycles. The van der Waals surface area contributed by atoms with Crippen LogP contribution in [0.25, 0.3) is 0 Å². The number of rotatable bonds is 7. The highest BCUT2D eigenvalue weighted by atomic mass is 35.5. The molecule has 2 N–H and O–H groups in total. The third-order valence-electron chi connectivity index (χ3n) is 3.57. The first-order valence-corrected chi connectivity index (χ1v) is 9.35. The second-order valence-corrected chi connectivity index (χ2v) is 6.84. The van der Waals surface area contributed by atoms with Gasteiger partial charge in [0.05, 0.1) is 5.01 Å². The average Bonchev–Trinajstić information content (AvgIpc) is 3.07. The Bertz CT molecular complexity index is 731. The van der Waals surface area contributed by atoms with Crippen LogP contribution in [0.3, 0.4) is 0 Å². The second kappa shape index (κ2) is 9.78. The highest BCUT2D eigenvalue weighted by molar-refractivity contribution is 7.09. The van der Waals surface area contributed by atoms with Crippen molar-refractivity contribution in [2.24, 2.45) is 4.99 Å². The monoisotopic (exact) mass is 404 g/mol. The van der Waals surface area contributed by atoms with E-state index in [0.717, 1.165) is 40.1 Å². The first kappa shape index (κ1) is 20.5. The van der Waals surface area contributed by atoms with E-state index in [1.54, 1.807) is 7.05 Å². The molecule has 0 fully saturated rings. The first-order valence-electron chi connectivity index (χ1n) is 8.09. The fraction of sp³-hybridized carbons (Fsp3) is 0.412. The van der Waals surface area contributed by atoms with Gasteiger partial charge < -0.3 is 10.6 Å². The molecule has 0 amide bonds. The normalized spacial score (nSPS) is 12.3. The van der Waals surface area contributed by atoms with Crippen LogP contribution in [0.1, 0.15) is 22.7 Å². The number of guanidine groups is 1. The van der Waals surface area contributed by atoms with Crippen LogP contribution >= 0.6 is 22.9 Å². The Labute approximate surface area is 159 Å². The Morgan fingerprint density at radius 3 is 2.58 bits per heavy atom. The van der Waals surface area contributed by atoms with Gasteiger partial charge in [-0.1, -0.05) is 29.8 Å². The SMILES string of the molecule is CN=C(NCCCc1ccccc1Cl)NCCc1nc(C(F)(F)F)cs1. The summed E-state index contributed by atoms with van der Waals surface area (Å²) in [5.74, 6) is 0.608. The maximum absolute atomic E-state index is 12.5. The molecule has 4 nitrogen and oxygen atoms in total. The molecular weight excluding hydrogens is 385 g/mol. The van der Waals surface area contributed by atoms with Gasteiger partial charge in [-0.15, -0.1) is 11.3 Å². The van der Waals surface area contributed by atoms with Crippen molar-refractivity contribution in [1.82, 2.24) is 15.6 Å². The number of halogens is 4. The minimum Gasteiger partial charge on any atom is -0.356 e. The molecule has 142 valence electrons. The molecular formula is C17H20ClF3N4S. The molecule has 0 aliphatic heterocycles. The molecule has 0 bridgehead atoms. The summed E-state index contributed by atoms with van der Waals surface area (Å²) in [6, 6.07) is 7.72. The Hall–Kier alpha value is -1.80. The van der Waals surface area contributed by atoms with Crippen molar-refractivity contribution >= 4 is 28.9 Å². The number of aromatic nitrogens is 1. The summed E-state index contributed by atoms with van der Waals surface area (Å²) in [5.41, 5.74) is 0.266. The van der Waals surface area contributed by atoms with E-state index in [2.05, 4.69) is 20.6 Å². The molecule has 26 heavy (non-hydrogen) atoms. The fourth-order valence-electron chi connectivity index (χ4n) is 2.25. The van der Waals surface area contributed by atoms with E-state index in [1.165, 1.54) is 0 Å². The Kier molecular flexibility index (Phi) is 7.71. The summed E-state index contributed by atoms with van der Waals surface area (Å²) in [6.45, 7) is 1.16. The predicted molar refractivity (Wildman–Crippen MR) is 100.0 cm³/mol. The van der Waals surface area contributed by atoms with Gasteiger partial charge in [-0.25, -0.2) is 4.98 Å². The molecule has 1 heterocycles. The van der Waals surface area contributed by atoms with Crippen molar-refractivity contribution in [3.63, 3.8) is 0 Å². The highest BCUT2D eigenvalue weighted by Crippen LogP contribution is 2.29. The zero-order valence-corrected chi connectivity index (χ0v) is 15.8. The van der Waals surface area contributed by atoms with Crippen molar-refractivity contribution in [2.75, 3.05) is 20.1 Å². The molecule has 0 unspecified atom stereocenters. The van der Waals surface area contributed by atoms with Gasteiger partial charge >= 0.3 is 6.18 Å². The summed E-state index contributed by atoms with van der Waals surface area (Å²) in [4.78, 5) is 7.70. The van der Waals surface area contributed by atoms with E-state index in [1.807, 2.05) is 24.3 Å². The number of aryl methyl sites for hydroxylation is 1. The summed E-state index contributed by atoms with van der Waals surface area (Å²) in [6.07, 6.45) is -2.25. The maximum Gasteiger partial charge on any atom is 0.434 e. The van der Waals surface area contributed by atoms with Crippen molar-refractivity contribution < 1.29 is 13.2 Å². The van der Waals surface area contributed by atoms with Crippen molar-refractivity contribution in [1.29, 1.82) is 0 Å². The predicted octanol–water partition coefficient (Wildman–Crippen LogP) is 4.16. The Morgan fingerprint density at radius 2 is 1.92 bits per heavy atom. The number of benzene rings is 1. The average molecular weight is 405 g/mol. The standard InChI is InChI=1S/C17H20ClF3N4S/c1-22-16(23-9-4-6-12-5-2-3-7-13(12)18)24-10-8-15-25-14(11-26-15)17(19,20)21/h2-3,5,7,11H,4,6,8-10H2,1H3,(H2,22,23,24). The van der Waals surface area contributed by atoms with Gasteiger partial charge in [0.2, 0.25) is 0 Å². The van der Waals surface area contributed by atoms with E-state index in [4.69, 9.17) is 11.6 Å². The van der Waals surface area contributed by atoms with Crippen LogP contribution in [0.2, 0.25) is 5.02 Å². The van der Waals surface area contributed by atoms with Crippen molar-refractivity contribution in [3.8, 4) is 0 Å². The molecule has 0 saturated carbocycles. The van der Waals surface area contributed by atoms with Crippen LogP contribution in [-0.4, -0.2) is 31.1 Å². The van der Waals surface area contributed by atoms with E-state index < -0.39 is 11.9 Å². The molecule has 2 rings (SSSR count). The quantitative estimate of drug-likeness (QED) is 0.414. The molecule has 0 radical (unpaired) electrons. The molecule has 9 heteroatoms. The summed E-state index contributed by atoms with van der Waals surface area (Å²) in [7, 11) is 1.65. The van der Waals surface area contributed by atoms with Gasteiger partial charge in [0.15, 0.2) is 11.7 Å². The van der Waals surface area contributed by atoms with E-state index in [0.29, 0.717) is 30.5 Å². The van der Waals surface area contributed by atoms with Gasteiger partial charge in [-0.3, -0.25) is 4.99 Å². The smallest absolute Gasteiger partial charge is 0.356 e. The van der Waals surface area contributed by atoms with Gasteiger partial charge in [-0.05, 0) is 24.5 Å². The lowest BCUT2D eigenvalue weighted by molar-refractivity contribution is -0.140. The van der Waals surface area contributed by atoms with E-state index >= 15 is 0 Å². The lowest BCUT2D eigenvalue weighted by Gasteiger charge is -2.11. The lowest BCUT2D eigenvalue weighted by atomic mass is 10.1. The zero-order valence-electron chi connectivity index (χ0n) is 14.2. The van der Waals surface area contributed by atoms with E-state index in [9.17, 15) is 13.2 Å². The number of nitrogens with one attached hydrogen (secondary N) is 2. The second-order valence-electron chi connectivity index (χ2n) is 5.49. The zero-order chi connectivity index (χ0) is 19.0. The molecule has 0 aliphatic rings. The number of hydrogen-bond donors (Lipinski definition) is 2. The fourth-order valence-corrected chi connectivity index (χ4v) is 3.29. The minimum absolute atomic E-state index is 0.404. The van der Waals surface area contributed by atoms with Crippen LogP contribution in [0.4, 0.5) is 13.2 Å². The third kappa shape index (κ3) is 6.49. The first-order chi connectivity index (χ1) is 12.4. The Morgan fingerprint density at radius 1 is 1.19 bits per heavy atom. The molecule has 1 aromatic heterocycles. The topological polar surface area (TPSA) is 49.3 Å². The molecule has 1 aromatic carbocycles. The Balaban J connectivity index is 1.68. The summed E-state index contributed by atoms with van der Waals surface area (Å²) < 4.78 is 37.6. The highest BCUT2D eigenvalue weighted by Gasteiger charge is 2.33. The van der Waals surface area contributed by atoms with Crippen LogP contribution in [0.15, 0.2) is 34.6 Å². The minimum atomic E-state index is -4.39. The number of nitrogens with zero attached hydrogens (tertiary/aromatic N) is 2. The lowest BCUT2D eigenvalue weighted by Crippen LogP contribution is -2.38. The number of aliphatic imine (C=N–C) groups is 1. The molecule has 0 aliphatic carbocycles. The molecule has 2 aromatic rings. The number of thiazole rings is 1. The van der Waals surface area contributed by atoms with Crippen molar-refractivity contribution in [2.45, 2.75) is 25.4 Å². The summed E-state index contributed by atoms with van der Waals surface area (Å²) in [5, 5.41) is 8.49. The van der Waals surface area contributed by atoms with E-state index in [-0.39, 0.29) is 0 Å². The number of alkyl halides is 3.